The molecule has 0 amide bonds. The topological polar surface area (TPSA) is 0 Å². The van der Waals surface area contributed by atoms with Crippen molar-refractivity contribution >= 4 is 0 Å². The highest BCUT2D eigenvalue weighted by atomic mass is 15.3. The molecule has 19 heavy (non-hydrogen) atoms. The Labute approximate surface area is 120 Å². The number of benzene rings is 1. The van der Waals surface area contributed by atoms with E-state index in [4.69, 9.17) is 0 Å². The fraction of sp³-hybridized carbons (Fsp3) is 0.667. The van der Waals surface area contributed by atoms with E-state index in [0.717, 1.165) is 16.9 Å². The molecule has 0 N–H and O–H groups in total. The number of hydrogen-bond acceptors (Lipinski definition) is 0. The minimum atomic E-state index is 0.454. The predicted molar refractivity (Wildman–Crippen MR) is 85.0 cm³/mol. The highest BCUT2D eigenvalue weighted by Gasteiger charge is 2.20. The van der Waals surface area contributed by atoms with Crippen LogP contribution in [0.25, 0.3) is 0 Å². The van der Waals surface area contributed by atoms with Gasteiger partial charge in [0, 0.05) is 5.56 Å². The molecule has 1 aromatic rings. The Kier molecular flexibility index (Phi) is 5.61. The first-order valence-corrected chi connectivity index (χ1v) is 7.54. The fourth-order valence-corrected chi connectivity index (χ4v) is 2.87. The Balaban J connectivity index is 2.42. The molecule has 108 valence electrons. The van der Waals surface area contributed by atoms with Crippen molar-refractivity contribution in [3.8, 4) is 0 Å². The largest absolute Gasteiger partial charge is 0.325 e. The van der Waals surface area contributed by atoms with Crippen LogP contribution in [0.2, 0.25) is 0 Å². The molecule has 0 aliphatic heterocycles. The summed E-state index contributed by atoms with van der Waals surface area (Å²) in [7, 11) is 4.69. The molecular weight excluding hydrogens is 230 g/mol. The number of hydrogen-bond donors (Lipinski definition) is 0. The van der Waals surface area contributed by atoms with Crippen LogP contribution in [0.3, 0.4) is 0 Å². The Morgan fingerprint density at radius 3 is 2.16 bits per heavy atom. The van der Waals surface area contributed by atoms with Crippen LogP contribution in [0.4, 0.5) is 0 Å². The summed E-state index contributed by atoms with van der Waals surface area (Å²) in [6.45, 7) is 11.8. The summed E-state index contributed by atoms with van der Waals surface area (Å²) >= 11 is 0. The Morgan fingerprint density at radius 1 is 1.05 bits per heavy atom. The standard InChI is InChI=1S/C18H32N/c1-16(14-18(2,3)4)12-13-19(5,6)15-17-10-8-7-9-11-17/h7-11,16H,12-15H2,1-6H3/q+1/t16-/m0/s1. The third kappa shape index (κ3) is 7.37. The van der Waals surface area contributed by atoms with Crippen LogP contribution in [-0.4, -0.2) is 25.1 Å². The van der Waals surface area contributed by atoms with Crippen molar-refractivity contribution in [2.45, 2.75) is 47.1 Å². The van der Waals surface area contributed by atoms with Crippen molar-refractivity contribution in [2.24, 2.45) is 11.3 Å². The molecule has 0 aliphatic rings. The molecule has 0 saturated carbocycles. The summed E-state index contributed by atoms with van der Waals surface area (Å²) in [4.78, 5) is 0. The van der Waals surface area contributed by atoms with Crippen LogP contribution < -0.4 is 0 Å². The normalized spacial score (nSPS) is 14.4. The average Bonchev–Trinajstić information content (AvgIpc) is 2.25. The van der Waals surface area contributed by atoms with Crippen molar-refractivity contribution in [1.29, 1.82) is 0 Å². The predicted octanol–water partition coefficient (Wildman–Crippen LogP) is 4.73. The van der Waals surface area contributed by atoms with Gasteiger partial charge in [0.05, 0.1) is 20.6 Å². The summed E-state index contributed by atoms with van der Waals surface area (Å²) < 4.78 is 1.08. The zero-order chi connectivity index (χ0) is 14.5. The number of quaternary nitrogens is 1. The lowest BCUT2D eigenvalue weighted by atomic mass is 9.84. The van der Waals surface area contributed by atoms with Crippen molar-refractivity contribution in [3.05, 3.63) is 35.9 Å². The van der Waals surface area contributed by atoms with Crippen LogP contribution >= 0.6 is 0 Å². The minimum Gasteiger partial charge on any atom is -0.325 e. The van der Waals surface area contributed by atoms with Gasteiger partial charge in [0.25, 0.3) is 0 Å². The molecule has 1 heteroatoms. The summed E-state index contributed by atoms with van der Waals surface area (Å²) in [5.74, 6) is 0.813. The molecule has 1 rings (SSSR count). The fourth-order valence-electron chi connectivity index (χ4n) is 2.87. The highest BCUT2D eigenvalue weighted by Crippen LogP contribution is 2.26. The van der Waals surface area contributed by atoms with Gasteiger partial charge in [0.15, 0.2) is 0 Å². The third-order valence-electron chi connectivity index (χ3n) is 3.64. The van der Waals surface area contributed by atoms with E-state index >= 15 is 0 Å². The maximum atomic E-state index is 2.40. The molecule has 1 nitrogen and oxygen atoms in total. The molecule has 0 saturated heterocycles. The van der Waals surface area contributed by atoms with Gasteiger partial charge in [-0.25, -0.2) is 0 Å². The van der Waals surface area contributed by atoms with Crippen LogP contribution in [0, 0.1) is 11.3 Å². The van der Waals surface area contributed by atoms with E-state index in [0.29, 0.717) is 5.41 Å². The lowest BCUT2D eigenvalue weighted by Gasteiger charge is -2.32. The van der Waals surface area contributed by atoms with E-state index in [-0.39, 0.29) is 0 Å². The van der Waals surface area contributed by atoms with Gasteiger partial charge in [0.2, 0.25) is 0 Å². The van der Waals surface area contributed by atoms with Gasteiger partial charge in [-0.15, -0.1) is 0 Å². The molecule has 0 aliphatic carbocycles. The zero-order valence-corrected chi connectivity index (χ0v) is 13.7. The Bertz CT molecular complexity index is 359. The summed E-state index contributed by atoms with van der Waals surface area (Å²) in [6.07, 6.45) is 2.63. The number of nitrogens with zero attached hydrogens (tertiary/aromatic N) is 1. The van der Waals surface area contributed by atoms with Gasteiger partial charge < -0.3 is 4.48 Å². The van der Waals surface area contributed by atoms with E-state index < -0.39 is 0 Å². The Morgan fingerprint density at radius 2 is 1.63 bits per heavy atom. The first-order valence-electron chi connectivity index (χ1n) is 7.54. The molecule has 1 atom stereocenters. The van der Waals surface area contributed by atoms with Gasteiger partial charge in [-0.3, -0.25) is 0 Å². The van der Waals surface area contributed by atoms with Gasteiger partial charge in [-0.1, -0.05) is 58.0 Å². The molecule has 0 bridgehead atoms. The van der Waals surface area contributed by atoms with Crippen molar-refractivity contribution in [1.82, 2.24) is 0 Å². The summed E-state index contributed by atoms with van der Waals surface area (Å²) in [5.41, 5.74) is 1.90. The van der Waals surface area contributed by atoms with Crippen molar-refractivity contribution in [3.63, 3.8) is 0 Å². The van der Waals surface area contributed by atoms with E-state index in [2.05, 4.69) is 72.1 Å². The second-order valence-electron chi connectivity index (χ2n) is 7.96. The smallest absolute Gasteiger partial charge is 0.104 e. The van der Waals surface area contributed by atoms with Crippen LogP contribution in [0.15, 0.2) is 30.3 Å². The maximum Gasteiger partial charge on any atom is 0.104 e. The second-order valence-corrected chi connectivity index (χ2v) is 7.96. The molecule has 0 radical (unpaired) electrons. The van der Waals surface area contributed by atoms with Crippen molar-refractivity contribution < 1.29 is 4.48 Å². The summed E-state index contributed by atoms with van der Waals surface area (Å²) in [6, 6.07) is 10.8. The molecular formula is C18H32N+. The monoisotopic (exact) mass is 262 g/mol. The SMILES string of the molecule is C[C@@H](CC[N+](C)(C)Cc1ccccc1)CC(C)(C)C. The average molecular weight is 262 g/mol. The molecule has 0 heterocycles. The number of rotatable bonds is 6. The molecule has 0 unspecified atom stereocenters. The van der Waals surface area contributed by atoms with Crippen molar-refractivity contribution in [2.75, 3.05) is 20.6 Å². The molecule has 0 fully saturated rings. The van der Waals surface area contributed by atoms with Gasteiger partial charge in [-0.2, -0.15) is 0 Å². The van der Waals surface area contributed by atoms with Gasteiger partial charge in [-0.05, 0) is 24.2 Å². The van der Waals surface area contributed by atoms with Crippen LogP contribution in [0.5, 0.6) is 0 Å². The maximum absolute atomic E-state index is 2.40. The molecule has 1 aromatic carbocycles. The molecule has 0 aromatic heterocycles. The van der Waals surface area contributed by atoms with E-state index in [1.165, 1.54) is 24.9 Å². The Hall–Kier alpha value is -0.820. The first-order chi connectivity index (χ1) is 8.68. The molecule has 0 spiro atoms. The van der Waals surface area contributed by atoms with Crippen LogP contribution in [0.1, 0.15) is 46.1 Å². The highest BCUT2D eigenvalue weighted by molar-refractivity contribution is 5.13. The van der Waals surface area contributed by atoms with Crippen LogP contribution in [-0.2, 0) is 6.54 Å². The zero-order valence-electron chi connectivity index (χ0n) is 13.7. The quantitative estimate of drug-likeness (QED) is 0.650. The lowest BCUT2D eigenvalue weighted by molar-refractivity contribution is -0.904. The van der Waals surface area contributed by atoms with E-state index in [9.17, 15) is 0 Å². The van der Waals surface area contributed by atoms with Gasteiger partial charge >= 0.3 is 0 Å². The lowest BCUT2D eigenvalue weighted by Crippen LogP contribution is -2.40. The van der Waals surface area contributed by atoms with E-state index in [1.807, 2.05) is 0 Å². The van der Waals surface area contributed by atoms with E-state index in [1.54, 1.807) is 0 Å². The minimum absolute atomic E-state index is 0.454. The third-order valence-corrected chi connectivity index (χ3v) is 3.64. The second kappa shape index (κ2) is 6.56. The first kappa shape index (κ1) is 16.2. The summed E-state index contributed by atoms with van der Waals surface area (Å²) in [5, 5.41) is 0. The van der Waals surface area contributed by atoms with Gasteiger partial charge in [0.1, 0.15) is 6.54 Å².